The Bertz CT molecular complexity index is 1070. The normalized spacial score (nSPS) is 23.8. The van der Waals surface area contributed by atoms with Crippen molar-refractivity contribution in [3.8, 4) is 5.75 Å². The molecule has 0 amide bonds. The first-order chi connectivity index (χ1) is 19.0. The molecule has 2 fully saturated rings. The van der Waals surface area contributed by atoms with Crippen LogP contribution in [-0.2, 0) is 4.74 Å². The summed E-state index contributed by atoms with van der Waals surface area (Å²) in [6, 6.07) is 8.67. The van der Waals surface area contributed by atoms with Crippen LogP contribution in [0.1, 0.15) is 119 Å². The largest absolute Gasteiger partial charge is 0.493 e. The molecule has 0 bridgehead atoms. The van der Waals surface area contributed by atoms with E-state index in [1.54, 1.807) is 6.07 Å². The summed E-state index contributed by atoms with van der Waals surface area (Å²) < 4.78 is 56.5. The maximum absolute atomic E-state index is 15.3. The molecule has 0 heterocycles. The van der Waals surface area contributed by atoms with Crippen LogP contribution in [-0.4, -0.2) is 19.3 Å². The van der Waals surface area contributed by atoms with E-state index >= 15 is 8.78 Å². The number of allylic oxidation sites excluding steroid dienone is 1. The molecular weight excluding hydrogens is 497 g/mol. The van der Waals surface area contributed by atoms with Crippen LogP contribution in [0.3, 0.4) is 0 Å². The highest BCUT2D eigenvalue weighted by Crippen LogP contribution is 2.41. The summed E-state index contributed by atoms with van der Waals surface area (Å²) >= 11 is 0. The average molecular weight is 543 g/mol. The maximum Gasteiger partial charge on any atom is 0.162 e. The zero-order valence-corrected chi connectivity index (χ0v) is 23.7. The molecule has 2 aliphatic carbocycles. The van der Waals surface area contributed by atoms with Gasteiger partial charge in [-0.05, 0) is 105 Å². The second kappa shape index (κ2) is 14.9. The summed E-state index contributed by atoms with van der Waals surface area (Å²) in [5, 5.41) is 0. The van der Waals surface area contributed by atoms with Crippen molar-refractivity contribution >= 4 is 6.08 Å². The summed E-state index contributed by atoms with van der Waals surface area (Å²) in [5.74, 6) is -0.635. The van der Waals surface area contributed by atoms with Gasteiger partial charge in [-0.25, -0.2) is 13.2 Å². The number of ether oxygens (including phenoxy) is 2. The molecule has 2 saturated carbocycles. The van der Waals surface area contributed by atoms with Gasteiger partial charge in [0.25, 0.3) is 0 Å². The van der Waals surface area contributed by atoms with Gasteiger partial charge < -0.3 is 9.47 Å². The Morgan fingerprint density at radius 2 is 1.33 bits per heavy atom. The molecule has 0 aliphatic heterocycles. The highest BCUT2D eigenvalue weighted by molar-refractivity contribution is 5.52. The molecule has 0 saturated heterocycles. The van der Waals surface area contributed by atoms with E-state index in [2.05, 4.69) is 19.9 Å². The molecule has 2 aromatic carbocycles. The molecule has 2 aliphatic rings. The summed E-state index contributed by atoms with van der Waals surface area (Å²) in [5.41, 5.74) is 1.59. The van der Waals surface area contributed by atoms with Crippen LogP contribution in [0.5, 0.6) is 5.75 Å². The van der Waals surface area contributed by atoms with Crippen LogP contribution in [0.25, 0.3) is 6.08 Å². The third-order valence-electron chi connectivity index (χ3n) is 8.61. The van der Waals surface area contributed by atoms with Crippen LogP contribution in [0, 0.1) is 23.4 Å². The molecule has 0 N–H and O–H groups in total. The minimum absolute atomic E-state index is 0.0252. The zero-order valence-electron chi connectivity index (χ0n) is 23.7. The van der Waals surface area contributed by atoms with E-state index in [1.165, 1.54) is 6.07 Å². The fourth-order valence-corrected chi connectivity index (χ4v) is 6.07. The molecule has 0 unspecified atom stereocenters. The van der Waals surface area contributed by atoms with Gasteiger partial charge in [-0.3, -0.25) is 0 Å². The molecular formula is C34H45F3O2. The number of benzene rings is 2. The first-order valence-electron chi connectivity index (χ1n) is 15.2. The molecule has 0 atom stereocenters. The van der Waals surface area contributed by atoms with E-state index in [1.807, 2.05) is 24.3 Å². The van der Waals surface area contributed by atoms with Crippen molar-refractivity contribution in [3.63, 3.8) is 0 Å². The predicted molar refractivity (Wildman–Crippen MR) is 153 cm³/mol. The van der Waals surface area contributed by atoms with E-state index < -0.39 is 11.6 Å². The predicted octanol–water partition coefficient (Wildman–Crippen LogP) is 10.1. The Labute approximate surface area is 233 Å². The monoisotopic (exact) mass is 542 g/mol. The lowest BCUT2D eigenvalue weighted by atomic mass is 9.77. The van der Waals surface area contributed by atoms with Crippen molar-refractivity contribution < 1.29 is 22.6 Å². The second-order valence-electron chi connectivity index (χ2n) is 11.4. The summed E-state index contributed by atoms with van der Waals surface area (Å²) in [6.45, 7) is 5.63. The molecule has 0 spiro atoms. The number of hydrogen-bond donors (Lipinski definition) is 0. The van der Waals surface area contributed by atoms with Crippen molar-refractivity contribution in [2.45, 2.75) is 109 Å². The van der Waals surface area contributed by atoms with Crippen LogP contribution in [0.2, 0.25) is 0 Å². The van der Waals surface area contributed by atoms with Gasteiger partial charge in [0.05, 0.1) is 12.7 Å². The van der Waals surface area contributed by atoms with E-state index in [9.17, 15) is 4.39 Å². The van der Waals surface area contributed by atoms with Gasteiger partial charge >= 0.3 is 0 Å². The molecule has 5 heteroatoms. The van der Waals surface area contributed by atoms with Crippen LogP contribution >= 0.6 is 0 Å². The standard InChI is InChI=1S/C34H45F3O2/c1-3-5-21-38-28-16-13-26(14-17-28)31-20-19-30(33(36)34(31)37)25-10-7-24(8-11-25)9-12-27-15-18-29(23-32(27)35)39-22-6-4-2/h9,12,15,18-20,23-26,28H,3-8,10-11,13-14,16-17,21-22H2,1-2H3/b12-9+. The molecule has 214 valence electrons. The van der Waals surface area contributed by atoms with Crippen molar-refractivity contribution in [1.29, 1.82) is 0 Å². The Hall–Kier alpha value is -2.27. The topological polar surface area (TPSA) is 18.5 Å². The second-order valence-corrected chi connectivity index (χ2v) is 11.4. The maximum atomic E-state index is 15.3. The lowest BCUT2D eigenvalue weighted by molar-refractivity contribution is 0.0230. The van der Waals surface area contributed by atoms with Gasteiger partial charge in [0.2, 0.25) is 0 Å². The smallest absolute Gasteiger partial charge is 0.162 e. The van der Waals surface area contributed by atoms with Crippen LogP contribution in [0.15, 0.2) is 36.4 Å². The minimum atomic E-state index is -0.656. The Balaban J connectivity index is 1.29. The molecule has 0 radical (unpaired) electrons. The number of unbranched alkanes of at least 4 members (excludes halogenated alkanes) is 2. The Morgan fingerprint density at radius 1 is 0.744 bits per heavy atom. The average Bonchev–Trinajstić information content (AvgIpc) is 2.95. The van der Waals surface area contributed by atoms with Crippen molar-refractivity contribution in [2.24, 2.45) is 5.92 Å². The Morgan fingerprint density at radius 3 is 1.92 bits per heavy atom. The first kappa shape index (κ1) is 29.7. The lowest BCUT2D eigenvalue weighted by Gasteiger charge is -2.30. The van der Waals surface area contributed by atoms with Gasteiger partial charge in [0.1, 0.15) is 11.6 Å². The van der Waals surface area contributed by atoms with E-state index in [0.29, 0.717) is 35.0 Å². The fraction of sp³-hybridized carbons (Fsp3) is 0.588. The third-order valence-corrected chi connectivity index (χ3v) is 8.61. The SMILES string of the molecule is CCCCOc1ccc(/C=C/C2CCC(c3ccc(C4CCC(OCCCC)CC4)c(F)c3F)CC2)c(F)c1. The molecule has 0 aromatic heterocycles. The number of hydrogen-bond acceptors (Lipinski definition) is 2. The molecule has 2 nitrogen and oxygen atoms in total. The molecule has 39 heavy (non-hydrogen) atoms. The lowest BCUT2D eigenvalue weighted by Crippen LogP contribution is -2.22. The molecule has 2 aromatic rings. The van der Waals surface area contributed by atoms with Gasteiger partial charge in [-0.2, -0.15) is 0 Å². The summed E-state index contributed by atoms with van der Waals surface area (Å²) in [4.78, 5) is 0. The van der Waals surface area contributed by atoms with E-state index in [-0.39, 0.29) is 23.8 Å². The summed E-state index contributed by atoms with van der Waals surface area (Å²) in [7, 11) is 0. The fourth-order valence-electron chi connectivity index (χ4n) is 6.07. The van der Waals surface area contributed by atoms with Crippen molar-refractivity contribution in [3.05, 3.63) is 70.5 Å². The van der Waals surface area contributed by atoms with Gasteiger partial charge in [0.15, 0.2) is 11.6 Å². The Kier molecular flexibility index (Phi) is 11.4. The highest BCUT2D eigenvalue weighted by atomic mass is 19.2. The highest BCUT2D eigenvalue weighted by Gasteiger charge is 2.29. The van der Waals surface area contributed by atoms with E-state index in [0.717, 1.165) is 83.7 Å². The van der Waals surface area contributed by atoms with Gasteiger partial charge in [-0.1, -0.05) is 51.0 Å². The third kappa shape index (κ3) is 8.13. The van der Waals surface area contributed by atoms with Gasteiger partial charge in [0, 0.05) is 18.2 Å². The van der Waals surface area contributed by atoms with Crippen molar-refractivity contribution in [2.75, 3.05) is 13.2 Å². The van der Waals surface area contributed by atoms with E-state index in [4.69, 9.17) is 9.47 Å². The van der Waals surface area contributed by atoms with Crippen LogP contribution in [0.4, 0.5) is 13.2 Å². The van der Waals surface area contributed by atoms with Crippen LogP contribution < -0.4 is 4.74 Å². The quantitative estimate of drug-likeness (QED) is 0.248. The number of rotatable bonds is 12. The first-order valence-corrected chi connectivity index (χ1v) is 15.2. The van der Waals surface area contributed by atoms with Gasteiger partial charge in [-0.15, -0.1) is 0 Å². The number of halogens is 3. The summed E-state index contributed by atoms with van der Waals surface area (Å²) in [6.07, 6.45) is 15.2. The zero-order chi connectivity index (χ0) is 27.6. The minimum Gasteiger partial charge on any atom is -0.493 e. The van der Waals surface area contributed by atoms with Crippen molar-refractivity contribution in [1.82, 2.24) is 0 Å². The molecule has 4 rings (SSSR count).